The van der Waals surface area contributed by atoms with Crippen LogP contribution in [0.15, 0.2) is 65.0 Å². The maximum Gasteiger partial charge on any atom is 0.230 e. The summed E-state index contributed by atoms with van der Waals surface area (Å²) in [6.07, 6.45) is 9.23. The molecule has 0 unspecified atom stereocenters. The van der Waals surface area contributed by atoms with Crippen LogP contribution >= 0.6 is 23.1 Å². The van der Waals surface area contributed by atoms with E-state index in [9.17, 15) is 4.79 Å². The van der Waals surface area contributed by atoms with E-state index in [2.05, 4.69) is 42.9 Å². The highest BCUT2D eigenvalue weighted by molar-refractivity contribution is 7.99. The van der Waals surface area contributed by atoms with Gasteiger partial charge in [-0.25, -0.2) is 9.97 Å². The van der Waals surface area contributed by atoms with Crippen molar-refractivity contribution >= 4 is 44.9 Å². The molecule has 6 rings (SSSR count). The van der Waals surface area contributed by atoms with Crippen molar-refractivity contribution in [1.29, 1.82) is 0 Å². The summed E-state index contributed by atoms with van der Waals surface area (Å²) in [6.45, 7) is 0. The van der Waals surface area contributed by atoms with Crippen LogP contribution in [-0.2, 0) is 10.2 Å². The van der Waals surface area contributed by atoms with Gasteiger partial charge in [0.2, 0.25) is 5.91 Å². The fourth-order valence-corrected chi connectivity index (χ4v) is 5.83. The van der Waals surface area contributed by atoms with Gasteiger partial charge in [-0.15, -0.1) is 11.3 Å². The minimum atomic E-state index is -0.540. The molecule has 30 heavy (non-hydrogen) atoms. The Kier molecular flexibility index (Phi) is 3.78. The summed E-state index contributed by atoms with van der Waals surface area (Å²) in [6, 6.07) is 10.2. The van der Waals surface area contributed by atoms with E-state index in [4.69, 9.17) is 5.73 Å². The highest BCUT2D eigenvalue weighted by Gasteiger charge is 2.52. The molecule has 0 radical (unpaired) electrons. The van der Waals surface area contributed by atoms with Gasteiger partial charge in [-0.1, -0.05) is 11.8 Å². The Morgan fingerprint density at radius 1 is 1.20 bits per heavy atom. The van der Waals surface area contributed by atoms with Gasteiger partial charge in [-0.2, -0.15) is 5.10 Å². The molecule has 1 fully saturated rings. The number of benzene rings is 1. The van der Waals surface area contributed by atoms with Crippen LogP contribution in [-0.4, -0.2) is 30.5 Å². The van der Waals surface area contributed by atoms with E-state index in [1.54, 1.807) is 29.3 Å². The van der Waals surface area contributed by atoms with Gasteiger partial charge in [0.1, 0.15) is 21.1 Å². The van der Waals surface area contributed by atoms with E-state index in [-0.39, 0.29) is 5.91 Å². The van der Waals surface area contributed by atoms with Gasteiger partial charge in [-0.3, -0.25) is 14.3 Å². The smallest absolute Gasteiger partial charge is 0.230 e. The number of nitrogens with zero attached hydrogens (tertiary/aromatic N) is 4. The highest BCUT2D eigenvalue weighted by atomic mass is 32.2. The van der Waals surface area contributed by atoms with Gasteiger partial charge in [-0.05, 0) is 43.2 Å². The SMILES string of the molecule is NC(=O)C1(c2nc3ccc(Sc4cnc5ccc(-c6cn[nH]c6)cn45)cc3s2)CC1. The predicted molar refractivity (Wildman–Crippen MR) is 117 cm³/mol. The summed E-state index contributed by atoms with van der Waals surface area (Å²) in [5.41, 5.74) is 8.98. The van der Waals surface area contributed by atoms with Gasteiger partial charge in [0.05, 0.1) is 22.6 Å². The lowest BCUT2D eigenvalue weighted by Gasteiger charge is -2.04. The lowest BCUT2D eigenvalue weighted by atomic mass is 10.1. The molecule has 148 valence electrons. The van der Waals surface area contributed by atoms with Gasteiger partial charge < -0.3 is 5.73 Å². The van der Waals surface area contributed by atoms with Crippen molar-refractivity contribution in [3.63, 3.8) is 0 Å². The largest absolute Gasteiger partial charge is 0.369 e. The van der Waals surface area contributed by atoms with Crippen LogP contribution in [0.1, 0.15) is 17.8 Å². The average molecular weight is 433 g/mol. The summed E-state index contributed by atoms with van der Waals surface area (Å²) in [4.78, 5) is 22.1. The van der Waals surface area contributed by atoms with E-state index < -0.39 is 5.41 Å². The number of hydrogen-bond acceptors (Lipinski definition) is 6. The second-order valence-electron chi connectivity index (χ2n) is 7.43. The highest BCUT2D eigenvalue weighted by Crippen LogP contribution is 2.50. The number of primary amides is 1. The maximum absolute atomic E-state index is 11.8. The van der Waals surface area contributed by atoms with Crippen LogP contribution < -0.4 is 5.73 Å². The molecule has 0 bridgehead atoms. The standard InChI is InChI=1S/C21H16N6OS2/c22-19(28)21(5-6-21)20-26-15-3-2-14(7-16(15)30-20)29-18-10-23-17-4-1-12(11-27(17)18)13-8-24-25-9-13/h1-4,7-11H,5-6H2,(H2,22,28)(H,24,25). The Balaban J connectivity index is 1.35. The van der Waals surface area contributed by atoms with Crippen molar-refractivity contribution in [1.82, 2.24) is 24.6 Å². The van der Waals surface area contributed by atoms with Crippen LogP contribution in [0.25, 0.3) is 27.0 Å². The number of carbonyl (C=O) groups is 1. The number of nitrogens with one attached hydrogen (secondary N) is 1. The minimum absolute atomic E-state index is 0.268. The van der Waals surface area contributed by atoms with Gasteiger partial charge in [0.15, 0.2) is 0 Å². The molecule has 3 N–H and O–H groups in total. The molecule has 0 saturated heterocycles. The monoisotopic (exact) mass is 432 g/mol. The van der Waals surface area contributed by atoms with E-state index >= 15 is 0 Å². The molecule has 5 aromatic rings. The minimum Gasteiger partial charge on any atom is -0.369 e. The number of aromatic nitrogens is 5. The Hall–Kier alpha value is -3.17. The van der Waals surface area contributed by atoms with Gasteiger partial charge >= 0.3 is 0 Å². The average Bonchev–Trinajstić information content (AvgIpc) is 3.10. The Bertz CT molecular complexity index is 1410. The number of rotatable bonds is 5. The topological polar surface area (TPSA) is 102 Å². The second kappa shape index (κ2) is 6.41. The van der Waals surface area contributed by atoms with Crippen LogP contribution in [0.2, 0.25) is 0 Å². The Morgan fingerprint density at radius 2 is 2.10 bits per heavy atom. The van der Waals surface area contributed by atoms with Crippen molar-refractivity contribution in [3.05, 3.63) is 60.1 Å². The number of H-pyrrole nitrogens is 1. The summed E-state index contributed by atoms with van der Waals surface area (Å²) < 4.78 is 3.15. The van der Waals surface area contributed by atoms with Gasteiger partial charge in [0, 0.05) is 28.4 Å². The fourth-order valence-electron chi connectivity index (χ4n) is 3.60. The van der Waals surface area contributed by atoms with Crippen molar-refractivity contribution in [2.45, 2.75) is 28.2 Å². The van der Waals surface area contributed by atoms with Crippen LogP contribution in [0.3, 0.4) is 0 Å². The van der Waals surface area contributed by atoms with Gasteiger partial charge in [0.25, 0.3) is 0 Å². The molecule has 0 atom stereocenters. The third-order valence-electron chi connectivity index (χ3n) is 5.52. The summed E-state index contributed by atoms with van der Waals surface area (Å²) >= 11 is 3.22. The zero-order chi connectivity index (χ0) is 20.3. The third kappa shape index (κ3) is 2.73. The Labute approximate surface area is 179 Å². The predicted octanol–water partition coefficient (Wildman–Crippen LogP) is 4.00. The summed E-state index contributed by atoms with van der Waals surface area (Å²) in [5, 5.41) is 8.75. The molecule has 9 heteroatoms. The lowest BCUT2D eigenvalue weighted by Crippen LogP contribution is -2.28. The number of thiazole rings is 1. The van der Waals surface area contributed by atoms with Crippen molar-refractivity contribution in [2.24, 2.45) is 5.73 Å². The van der Waals surface area contributed by atoms with Crippen LogP contribution in [0.4, 0.5) is 0 Å². The molecule has 4 aromatic heterocycles. The first-order valence-corrected chi connectivity index (χ1v) is 11.1. The van der Waals surface area contributed by atoms with Crippen molar-refractivity contribution in [2.75, 3.05) is 0 Å². The normalized spacial score (nSPS) is 15.1. The molecule has 1 amide bonds. The van der Waals surface area contributed by atoms with Crippen molar-refractivity contribution < 1.29 is 4.79 Å². The molecule has 0 aliphatic heterocycles. The fraction of sp³-hybridized carbons (Fsp3) is 0.143. The molecule has 1 aromatic carbocycles. The number of hydrogen-bond donors (Lipinski definition) is 2. The quantitative estimate of drug-likeness (QED) is 0.437. The maximum atomic E-state index is 11.8. The molecular formula is C21H16N6OS2. The summed E-state index contributed by atoms with van der Waals surface area (Å²) in [7, 11) is 0. The molecule has 1 aliphatic rings. The first-order chi connectivity index (χ1) is 14.6. The first-order valence-electron chi connectivity index (χ1n) is 9.47. The Morgan fingerprint density at radius 3 is 2.87 bits per heavy atom. The first kappa shape index (κ1) is 17.7. The molecule has 0 spiro atoms. The van der Waals surface area contributed by atoms with E-state index in [0.29, 0.717) is 0 Å². The van der Waals surface area contributed by atoms with E-state index in [1.807, 2.05) is 30.6 Å². The van der Waals surface area contributed by atoms with E-state index in [1.165, 1.54) is 0 Å². The number of aromatic amines is 1. The molecule has 1 saturated carbocycles. The number of amides is 1. The zero-order valence-electron chi connectivity index (χ0n) is 15.7. The van der Waals surface area contributed by atoms with E-state index in [0.717, 1.165) is 54.8 Å². The third-order valence-corrected chi connectivity index (χ3v) is 7.74. The lowest BCUT2D eigenvalue weighted by molar-refractivity contribution is -0.120. The number of fused-ring (bicyclic) bond motifs is 2. The number of nitrogens with two attached hydrogens (primary N) is 1. The second-order valence-corrected chi connectivity index (χ2v) is 9.55. The molecular weight excluding hydrogens is 416 g/mol. The zero-order valence-corrected chi connectivity index (χ0v) is 17.3. The summed E-state index contributed by atoms with van der Waals surface area (Å²) in [5.74, 6) is -0.268. The number of imidazole rings is 1. The molecule has 7 nitrogen and oxygen atoms in total. The number of carbonyl (C=O) groups excluding carboxylic acids is 1. The van der Waals surface area contributed by atoms with Crippen LogP contribution in [0.5, 0.6) is 0 Å². The van der Waals surface area contributed by atoms with Crippen molar-refractivity contribution in [3.8, 4) is 11.1 Å². The molecule has 4 heterocycles. The molecule has 1 aliphatic carbocycles. The number of pyridine rings is 1. The van der Waals surface area contributed by atoms with Crippen LogP contribution in [0, 0.1) is 0 Å².